The second-order valence-electron chi connectivity index (χ2n) is 8.74. The lowest BCUT2D eigenvalue weighted by Gasteiger charge is -2.29. The molecule has 0 radical (unpaired) electrons. The highest BCUT2D eigenvalue weighted by atomic mass is 35.5. The summed E-state index contributed by atoms with van der Waals surface area (Å²) in [5.74, 6) is 0.163. The molecule has 164 valence electrons. The third-order valence-electron chi connectivity index (χ3n) is 6.62. The number of fused-ring (bicyclic) bond motifs is 1. The molecule has 1 aromatic heterocycles. The van der Waals surface area contributed by atoms with E-state index in [0.717, 1.165) is 47.0 Å². The average Bonchev–Trinajstić information content (AvgIpc) is 3.06. The Bertz CT molecular complexity index is 1200. The van der Waals surface area contributed by atoms with E-state index < -0.39 is 0 Å². The zero-order valence-corrected chi connectivity index (χ0v) is 19.3. The summed E-state index contributed by atoms with van der Waals surface area (Å²) in [5, 5.41) is 14.6. The van der Waals surface area contributed by atoms with Crippen molar-refractivity contribution in [1.82, 2.24) is 9.88 Å². The van der Waals surface area contributed by atoms with Crippen molar-refractivity contribution in [2.24, 2.45) is 5.92 Å². The normalized spacial score (nSPS) is 19.0. The number of nitriles is 1. The molecule has 2 aromatic carbocycles. The molecule has 1 aliphatic rings. The zero-order valence-electron chi connectivity index (χ0n) is 18.6. The Balaban J connectivity index is 1.69. The number of rotatable bonds is 5. The third-order valence-corrected chi connectivity index (χ3v) is 6.87. The SMILES string of the molecule is Cc1c(/C=C(\C#N)C(=O)N[C@@H]2CCCC[C@H]2C)c2ccccc2n1Cc1ccc(Cl)cc1. The lowest BCUT2D eigenvalue weighted by atomic mass is 9.86. The van der Waals surface area contributed by atoms with Crippen LogP contribution < -0.4 is 5.32 Å². The summed E-state index contributed by atoms with van der Waals surface area (Å²) >= 11 is 6.04. The standard InChI is InChI=1S/C27H28ClN3O/c1-18-7-3-5-9-25(18)30-27(32)21(16-29)15-24-19(2)31(26-10-6-4-8-23(24)26)17-20-11-13-22(28)14-12-20/h4,6,8,10-15,18,25H,3,5,7,9,17H2,1-2H3,(H,30,32)/b21-15+/t18-,25-/m1/s1. The third kappa shape index (κ3) is 4.59. The Morgan fingerprint density at radius 1 is 1.19 bits per heavy atom. The van der Waals surface area contributed by atoms with Crippen LogP contribution in [0.4, 0.5) is 0 Å². The van der Waals surface area contributed by atoms with Gasteiger partial charge in [0.1, 0.15) is 11.6 Å². The van der Waals surface area contributed by atoms with Crippen molar-refractivity contribution in [3.05, 3.63) is 75.9 Å². The fourth-order valence-electron chi connectivity index (χ4n) is 4.69. The number of halogens is 1. The lowest BCUT2D eigenvalue weighted by Crippen LogP contribution is -2.41. The van der Waals surface area contributed by atoms with Crippen LogP contribution in [0, 0.1) is 24.2 Å². The zero-order chi connectivity index (χ0) is 22.7. The van der Waals surface area contributed by atoms with E-state index in [1.807, 2.05) is 49.4 Å². The predicted molar refractivity (Wildman–Crippen MR) is 130 cm³/mol. The molecule has 32 heavy (non-hydrogen) atoms. The Kier molecular flexibility index (Phi) is 6.67. The summed E-state index contributed by atoms with van der Waals surface area (Å²) in [6, 6.07) is 18.2. The second-order valence-corrected chi connectivity index (χ2v) is 9.18. The van der Waals surface area contributed by atoms with Gasteiger partial charge in [-0.3, -0.25) is 4.79 Å². The number of nitrogens with one attached hydrogen (secondary N) is 1. The van der Waals surface area contributed by atoms with Crippen molar-refractivity contribution in [1.29, 1.82) is 5.26 Å². The number of para-hydroxylation sites is 1. The van der Waals surface area contributed by atoms with Crippen LogP contribution >= 0.6 is 11.6 Å². The summed E-state index contributed by atoms with van der Waals surface area (Å²) in [6.45, 7) is 4.90. The molecule has 1 saturated carbocycles. The maximum atomic E-state index is 12.9. The van der Waals surface area contributed by atoms with Crippen molar-refractivity contribution in [2.45, 2.75) is 52.1 Å². The van der Waals surface area contributed by atoms with Crippen molar-refractivity contribution in [3.63, 3.8) is 0 Å². The lowest BCUT2D eigenvalue weighted by molar-refractivity contribution is -0.118. The van der Waals surface area contributed by atoms with Gasteiger partial charge >= 0.3 is 0 Å². The van der Waals surface area contributed by atoms with Gasteiger partial charge in [0, 0.05) is 39.8 Å². The highest BCUT2D eigenvalue weighted by Gasteiger charge is 2.24. The first kappa shape index (κ1) is 22.2. The van der Waals surface area contributed by atoms with E-state index in [1.165, 1.54) is 6.42 Å². The molecule has 1 N–H and O–H groups in total. The topological polar surface area (TPSA) is 57.8 Å². The smallest absolute Gasteiger partial charge is 0.262 e. The molecule has 2 atom stereocenters. The van der Waals surface area contributed by atoms with E-state index in [-0.39, 0.29) is 17.5 Å². The van der Waals surface area contributed by atoms with Gasteiger partial charge in [0.2, 0.25) is 0 Å². The van der Waals surface area contributed by atoms with Crippen molar-refractivity contribution in [2.75, 3.05) is 0 Å². The van der Waals surface area contributed by atoms with Crippen LogP contribution in [0.5, 0.6) is 0 Å². The average molecular weight is 446 g/mol. The molecule has 0 saturated heterocycles. The molecule has 0 aliphatic heterocycles. The van der Waals surface area contributed by atoms with Crippen LogP contribution in [0.2, 0.25) is 5.02 Å². The molecule has 5 heteroatoms. The number of benzene rings is 2. The first-order valence-corrected chi connectivity index (χ1v) is 11.6. The summed E-state index contributed by atoms with van der Waals surface area (Å²) in [4.78, 5) is 12.9. The molecule has 0 unspecified atom stereocenters. The van der Waals surface area contributed by atoms with Gasteiger partial charge in [0.05, 0.1) is 0 Å². The summed E-state index contributed by atoms with van der Waals surface area (Å²) in [5.41, 5.74) is 4.30. The summed E-state index contributed by atoms with van der Waals surface area (Å²) in [7, 11) is 0. The monoisotopic (exact) mass is 445 g/mol. The van der Waals surface area contributed by atoms with Gasteiger partial charge in [-0.05, 0) is 55.5 Å². The number of aromatic nitrogens is 1. The number of amides is 1. The van der Waals surface area contributed by atoms with Crippen LogP contribution in [-0.2, 0) is 11.3 Å². The van der Waals surface area contributed by atoms with E-state index in [9.17, 15) is 10.1 Å². The quantitative estimate of drug-likeness (QED) is 0.372. The molecule has 0 spiro atoms. The van der Waals surface area contributed by atoms with Crippen molar-refractivity contribution < 1.29 is 4.79 Å². The minimum Gasteiger partial charge on any atom is -0.348 e. The predicted octanol–water partition coefficient (Wildman–Crippen LogP) is 6.25. The maximum Gasteiger partial charge on any atom is 0.262 e. The van der Waals surface area contributed by atoms with Gasteiger partial charge in [-0.2, -0.15) is 5.26 Å². The van der Waals surface area contributed by atoms with Gasteiger partial charge in [-0.25, -0.2) is 0 Å². The molecule has 1 fully saturated rings. The van der Waals surface area contributed by atoms with Gasteiger partial charge in [0.15, 0.2) is 0 Å². The van der Waals surface area contributed by atoms with Crippen LogP contribution in [0.1, 0.15) is 49.4 Å². The Morgan fingerprint density at radius 2 is 1.91 bits per heavy atom. The summed E-state index contributed by atoms with van der Waals surface area (Å²) < 4.78 is 2.22. The molecule has 1 amide bonds. The molecule has 0 bridgehead atoms. The molecule has 1 heterocycles. The number of hydrogen-bond donors (Lipinski definition) is 1. The molecule has 4 nitrogen and oxygen atoms in total. The fourth-order valence-corrected chi connectivity index (χ4v) is 4.81. The summed E-state index contributed by atoms with van der Waals surface area (Å²) in [6.07, 6.45) is 6.18. The second kappa shape index (κ2) is 9.63. The van der Waals surface area contributed by atoms with Gasteiger partial charge in [0.25, 0.3) is 5.91 Å². The van der Waals surface area contributed by atoms with Crippen LogP contribution in [0.3, 0.4) is 0 Å². The minimum atomic E-state index is -0.278. The molecule has 1 aliphatic carbocycles. The highest BCUT2D eigenvalue weighted by molar-refractivity contribution is 6.30. The molecular weight excluding hydrogens is 418 g/mol. The van der Waals surface area contributed by atoms with Crippen molar-refractivity contribution in [3.8, 4) is 6.07 Å². The van der Waals surface area contributed by atoms with E-state index in [4.69, 9.17) is 11.6 Å². The van der Waals surface area contributed by atoms with E-state index in [0.29, 0.717) is 17.5 Å². The van der Waals surface area contributed by atoms with Crippen LogP contribution in [0.15, 0.2) is 54.1 Å². The van der Waals surface area contributed by atoms with Gasteiger partial charge in [-0.1, -0.05) is 61.7 Å². The van der Waals surface area contributed by atoms with E-state index >= 15 is 0 Å². The fraction of sp³-hybridized carbons (Fsp3) is 0.333. The Morgan fingerprint density at radius 3 is 2.62 bits per heavy atom. The number of hydrogen-bond acceptors (Lipinski definition) is 2. The molecule has 4 rings (SSSR count). The van der Waals surface area contributed by atoms with Crippen molar-refractivity contribution >= 4 is 34.5 Å². The largest absolute Gasteiger partial charge is 0.348 e. The first-order valence-electron chi connectivity index (χ1n) is 11.2. The van der Waals surface area contributed by atoms with Crippen LogP contribution in [0.25, 0.3) is 17.0 Å². The Hall–Kier alpha value is -3.03. The van der Waals surface area contributed by atoms with Gasteiger partial charge < -0.3 is 9.88 Å². The highest BCUT2D eigenvalue weighted by Crippen LogP contribution is 2.29. The van der Waals surface area contributed by atoms with E-state index in [2.05, 4.69) is 28.9 Å². The number of nitrogens with zero attached hydrogens (tertiary/aromatic N) is 2. The molecular formula is C27H28ClN3O. The Labute approximate surface area is 194 Å². The number of carbonyl (C=O) groups excluding carboxylic acids is 1. The number of carbonyl (C=O) groups is 1. The van der Waals surface area contributed by atoms with Crippen LogP contribution in [-0.4, -0.2) is 16.5 Å². The maximum absolute atomic E-state index is 12.9. The van der Waals surface area contributed by atoms with E-state index in [1.54, 1.807) is 6.08 Å². The first-order chi connectivity index (χ1) is 15.5. The minimum absolute atomic E-state index is 0.139. The molecule has 3 aromatic rings. The van der Waals surface area contributed by atoms with Gasteiger partial charge in [-0.15, -0.1) is 0 Å².